The first-order valence-corrected chi connectivity index (χ1v) is 3.78. The average Bonchev–Trinajstić information content (AvgIpc) is 2.05. The number of hydrogen-bond acceptors (Lipinski definition) is 1. The molecular formula is C9H12FN. The van der Waals surface area contributed by atoms with Crippen molar-refractivity contribution in [2.45, 2.75) is 12.8 Å². The van der Waals surface area contributed by atoms with Gasteiger partial charge in [-0.15, -0.1) is 0 Å². The Hall–Kier alpha value is -1.05. The van der Waals surface area contributed by atoms with Gasteiger partial charge in [-0.3, -0.25) is 4.70 Å². The highest BCUT2D eigenvalue weighted by Crippen LogP contribution is 2.19. The van der Waals surface area contributed by atoms with Crippen LogP contribution in [0.15, 0.2) is 24.3 Å². The van der Waals surface area contributed by atoms with Crippen LogP contribution in [0.5, 0.6) is 0 Å². The van der Waals surface area contributed by atoms with Gasteiger partial charge in [-0.1, -0.05) is 18.2 Å². The van der Waals surface area contributed by atoms with Crippen molar-refractivity contribution in [1.29, 1.82) is 0 Å². The first-order chi connectivity index (χ1) is 4.97. The number of halogens is 1. The average molecular weight is 153 g/mol. The first kappa shape index (κ1) is 8.05. The van der Waals surface area contributed by atoms with Crippen LogP contribution < -0.4 is 5.32 Å². The van der Waals surface area contributed by atoms with E-state index in [9.17, 15) is 0 Å². The van der Waals surface area contributed by atoms with E-state index in [-0.39, 0.29) is 4.70 Å². The second-order valence-electron chi connectivity index (χ2n) is 2.69. The summed E-state index contributed by atoms with van der Waals surface area (Å²) in [5.74, 6) is 0. The molecule has 0 bridgehead atoms. The van der Waals surface area contributed by atoms with Crippen LogP contribution >= 0.6 is 0 Å². The zero-order chi connectivity index (χ0) is 6.81. The van der Waals surface area contributed by atoms with Gasteiger partial charge in [0.2, 0.25) is 0 Å². The minimum absolute atomic E-state index is 0. The number of aryl methyl sites for hydroxylation is 1. The summed E-state index contributed by atoms with van der Waals surface area (Å²) in [4.78, 5) is 0. The van der Waals surface area contributed by atoms with Crippen LogP contribution in [0.1, 0.15) is 12.0 Å². The van der Waals surface area contributed by atoms with Crippen molar-refractivity contribution in [2.24, 2.45) is 0 Å². The highest BCUT2D eigenvalue weighted by molar-refractivity contribution is 5.52. The number of anilines is 1. The summed E-state index contributed by atoms with van der Waals surface area (Å²) < 4.78 is 0. The summed E-state index contributed by atoms with van der Waals surface area (Å²) in [6.07, 6.45) is 2.51. The van der Waals surface area contributed by atoms with Crippen LogP contribution in [-0.2, 0) is 6.42 Å². The number of nitrogens with one attached hydrogen (secondary N) is 1. The van der Waals surface area contributed by atoms with Gasteiger partial charge >= 0.3 is 0 Å². The molecule has 1 N–H and O–H groups in total. The SMILES string of the molecule is F.c1ccc2c(c1)CCCN2. The van der Waals surface area contributed by atoms with Gasteiger partial charge in [0.05, 0.1) is 0 Å². The van der Waals surface area contributed by atoms with Crippen molar-refractivity contribution in [3.05, 3.63) is 29.8 Å². The van der Waals surface area contributed by atoms with Gasteiger partial charge in [-0.2, -0.15) is 0 Å². The first-order valence-electron chi connectivity index (χ1n) is 3.78. The molecule has 0 amide bonds. The van der Waals surface area contributed by atoms with Gasteiger partial charge in [0.25, 0.3) is 0 Å². The van der Waals surface area contributed by atoms with Crippen LogP contribution in [-0.4, -0.2) is 6.54 Å². The van der Waals surface area contributed by atoms with Crippen molar-refractivity contribution in [3.63, 3.8) is 0 Å². The molecule has 0 radical (unpaired) electrons. The molecule has 0 atom stereocenters. The van der Waals surface area contributed by atoms with E-state index in [2.05, 4.69) is 29.6 Å². The summed E-state index contributed by atoms with van der Waals surface area (Å²) in [5.41, 5.74) is 2.79. The summed E-state index contributed by atoms with van der Waals surface area (Å²) in [6.45, 7) is 1.14. The molecule has 2 rings (SSSR count). The number of fused-ring (bicyclic) bond motifs is 1. The standard InChI is InChI=1S/C9H11N.FH/c1-2-6-9-8(4-1)5-3-7-10-9;/h1-2,4,6,10H,3,5,7H2;1H. The molecule has 1 aliphatic rings. The van der Waals surface area contributed by atoms with E-state index >= 15 is 0 Å². The van der Waals surface area contributed by atoms with E-state index < -0.39 is 0 Å². The smallest absolute Gasteiger partial charge is 0.0372 e. The minimum atomic E-state index is 0. The van der Waals surface area contributed by atoms with Crippen molar-refractivity contribution in [1.82, 2.24) is 0 Å². The maximum Gasteiger partial charge on any atom is 0.0372 e. The number of hydrogen-bond donors (Lipinski definition) is 1. The van der Waals surface area contributed by atoms with Gasteiger partial charge < -0.3 is 5.32 Å². The normalized spacial score (nSPS) is 14.2. The summed E-state index contributed by atoms with van der Waals surface area (Å²) >= 11 is 0. The Bertz CT molecular complexity index is 210. The second-order valence-corrected chi connectivity index (χ2v) is 2.69. The fourth-order valence-corrected chi connectivity index (χ4v) is 1.41. The topological polar surface area (TPSA) is 12.0 Å². The Morgan fingerprint density at radius 2 is 2.00 bits per heavy atom. The third-order valence-electron chi connectivity index (χ3n) is 1.96. The lowest BCUT2D eigenvalue weighted by molar-refractivity contribution is 0.830. The second kappa shape index (κ2) is 3.37. The van der Waals surface area contributed by atoms with Crippen LogP contribution in [0.3, 0.4) is 0 Å². The molecule has 60 valence electrons. The molecular weight excluding hydrogens is 141 g/mol. The molecule has 1 aromatic carbocycles. The predicted octanol–water partition coefficient (Wildman–Crippen LogP) is 2.20. The van der Waals surface area contributed by atoms with E-state index in [1.165, 1.54) is 24.1 Å². The molecule has 2 heteroatoms. The molecule has 0 aromatic heterocycles. The minimum Gasteiger partial charge on any atom is -0.385 e. The van der Waals surface area contributed by atoms with Crippen molar-refractivity contribution < 1.29 is 4.70 Å². The van der Waals surface area contributed by atoms with Gasteiger partial charge in [0.1, 0.15) is 0 Å². The van der Waals surface area contributed by atoms with E-state index in [1.807, 2.05) is 0 Å². The molecule has 0 saturated heterocycles. The zero-order valence-electron chi connectivity index (χ0n) is 6.34. The Morgan fingerprint density at radius 1 is 1.18 bits per heavy atom. The van der Waals surface area contributed by atoms with Crippen molar-refractivity contribution in [3.8, 4) is 0 Å². The zero-order valence-corrected chi connectivity index (χ0v) is 6.34. The molecule has 0 unspecified atom stereocenters. The largest absolute Gasteiger partial charge is 0.385 e. The number of para-hydroxylation sites is 1. The van der Waals surface area contributed by atoms with E-state index in [4.69, 9.17) is 0 Å². The summed E-state index contributed by atoms with van der Waals surface area (Å²) in [5, 5.41) is 3.36. The van der Waals surface area contributed by atoms with Gasteiger partial charge in [0.15, 0.2) is 0 Å². The molecule has 1 nitrogen and oxygen atoms in total. The maximum atomic E-state index is 3.36. The summed E-state index contributed by atoms with van der Waals surface area (Å²) in [7, 11) is 0. The Labute approximate surface area is 65.8 Å². The summed E-state index contributed by atoms with van der Waals surface area (Å²) in [6, 6.07) is 8.53. The third-order valence-corrected chi connectivity index (χ3v) is 1.96. The lowest BCUT2D eigenvalue weighted by Gasteiger charge is -2.16. The van der Waals surface area contributed by atoms with Crippen molar-refractivity contribution in [2.75, 3.05) is 11.9 Å². The highest BCUT2D eigenvalue weighted by atomic mass is 19.0. The predicted molar refractivity (Wildman–Crippen MR) is 45.8 cm³/mol. The maximum absolute atomic E-state index is 3.36. The Morgan fingerprint density at radius 3 is 2.82 bits per heavy atom. The Kier molecular flexibility index (Phi) is 2.47. The molecule has 0 spiro atoms. The van der Waals surface area contributed by atoms with Gasteiger partial charge in [-0.05, 0) is 24.5 Å². The number of rotatable bonds is 0. The molecule has 1 aromatic rings. The van der Waals surface area contributed by atoms with E-state index in [0.717, 1.165) is 6.54 Å². The number of benzene rings is 1. The van der Waals surface area contributed by atoms with Crippen LogP contribution in [0.2, 0.25) is 0 Å². The van der Waals surface area contributed by atoms with Crippen LogP contribution in [0.4, 0.5) is 10.4 Å². The fourth-order valence-electron chi connectivity index (χ4n) is 1.41. The lowest BCUT2D eigenvalue weighted by atomic mass is 10.0. The van der Waals surface area contributed by atoms with Crippen molar-refractivity contribution >= 4 is 5.69 Å². The quantitative estimate of drug-likeness (QED) is 0.602. The third kappa shape index (κ3) is 1.50. The van der Waals surface area contributed by atoms with Gasteiger partial charge in [0, 0.05) is 12.2 Å². The molecule has 0 aliphatic carbocycles. The molecule has 11 heavy (non-hydrogen) atoms. The molecule has 0 saturated carbocycles. The highest BCUT2D eigenvalue weighted by Gasteiger charge is 2.04. The Balaban J connectivity index is 0.000000605. The van der Waals surface area contributed by atoms with Crippen LogP contribution in [0, 0.1) is 0 Å². The fraction of sp³-hybridized carbons (Fsp3) is 0.333. The van der Waals surface area contributed by atoms with Gasteiger partial charge in [-0.25, -0.2) is 0 Å². The van der Waals surface area contributed by atoms with E-state index in [0.29, 0.717) is 0 Å². The molecule has 1 heterocycles. The van der Waals surface area contributed by atoms with Crippen LogP contribution in [0.25, 0.3) is 0 Å². The molecule has 1 aliphatic heterocycles. The molecule has 0 fully saturated rings. The monoisotopic (exact) mass is 153 g/mol. The van der Waals surface area contributed by atoms with E-state index in [1.54, 1.807) is 0 Å². The lowest BCUT2D eigenvalue weighted by Crippen LogP contribution is -2.10.